The van der Waals surface area contributed by atoms with Crippen molar-refractivity contribution < 1.29 is 18.7 Å². The summed E-state index contributed by atoms with van der Waals surface area (Å²) in [7, 11) is 1.83. The van der Waals surface area contributed by atoms with Gasteiger partial charge in [-0.25, -0.2) is 14.4 Å². The standard InChI is InChI=1S/C20H16FN7O.CO2/c1-27-17(4-6-25-27)15-10-24-20(28-11-12(8-22)26-19(15)28)23-9-14-13-5-7-29-18(13)3-2-16(14)21;2-1-3/h2-4,6,10-11H,5,7,9H2,1H3,(H,23,24);. The van der Waals surface area contributed by atoms with Crippen LogP contribution in [0.2, 0.25) is 0 Å². The number of anilines is 1. The second kappa shape index (κ2) is 8.67. The van der Waals surface area contributed by atoms with Crippen LogP contribution in [0, 0.1) is 17.1 Å². The van der Waals surface area contributed by atoms with Crippen molar-refractivity contribution in [3.8, 4) is 23.1 Å². The van der Waals surface area contributed by atoms with Crippen LogP contribution in [0.25, 0.3) is 16.9 Å². The van der Waals surface area contributed by atoms with Gasteiger partial charge in [0.2, 0.25) is 5.95 Å². The van der Waals surface area contributed by atoms with Gasteiger partial charge in [-0.15, -0.1) is 0 Å². The van der Waals surface area contributed by atoms with Gasteiger partial charge in [-0.1, -0.05) is 0 Å². The lowest BCUT2D eigenvalue weighted by Crippen LogP contribution is -2.10. The quantitative estimate of drug-likeness (QED) is 0.518. The van der Waals surface area contributed by atoms with E-state index in [-0.39, 0.29) is 24.2 Å². The second-order valence-electron chi connectivity index (χ2n) is 6.81. The Morgan fingerprint density at radius 1 is 1.31 bits per heavy atom. The summed E-state index contributed by atoms with van der Waals surface area (Å²) in [6, 6.07) is 7.00. The van der Waals surface area contributed by atoms with Crippen LogP contribution in [0.5, 0.6) is 5.75 Å². The molecule has 0 saturated carbocycles. The zero-order chi connectivity index (χ0) is 22.7. The molecule has 0 saturated heterocycles. The molecule has 3 aromatic heterocycles. The first kappa shape index (κ1) is 20.7. The van der Waals surface area contributed by atoms with Crippen molar-refractivity contribution in [3.05, 3.63) is 59.4 Å². The molecule has 32 heavy (non-hydrogen) atoms. The number of hydrogen-bond acceptors (Lipinski definition) is 8. The van der Waals surface area contributed by atoms with Gasteiger partial charge in [0.25, 0.3) is 0 Å². The molecule has 0 atom stereocenters. The van der Waals surface area contributed by atoms with E-state index >= 15 is 0 Å². The molecule has 0 bridgehead atoms. The first-order valence-electron chi connectivity index (χ1n) is 9.50. The number of benzene rings is 1. The van der Waals surface area contributed by atoms with Crippen LogP contribution < -0.4 is 10.1 Å². The second-order valence-corrected chi connectivity index (χ2v) is 6.81. The topological polar surface area (TPSA) is 127 Å². The van der Waals surface area contributed by atoms with Crippen LogP contribution in [-0.4, -0.2) is 36.9 Å². The van der Waals surface area contributed by atoms with Gasteiger partial charge < -0.3 is 10.1 Å². The molecule has 1 aliphatic heterocycles. The first-order chi connectivity index (χ1) is 15.6. The highest BCUT2D eigenvalue weighted by Gasteiger charge is 2.20. The lowest BCUT2D eigenvalue weighted by molar-refractivity contribution is -0.191. The normalized spacial score (nSPS) is 11.7. The van der Waals surface area contributed by atoms with Gasteiger partial charge in [0, 0.05) is 43.5 Å². The van der Waals surface area contributed by atoms with Crippen molar-refractivity contribution in [2.75, 3.05) is 11.9 Å². The highest BCUT2D eigenvalue weighted by Crippen LogP contribution is 2.31. The molecule has 160 valence electrons. The van der Waals surface area contributed by atoms with E-state index in [4.69, 9.17) is 14.3 Å². The third kappa shape index (κ3) is 3.66. The Morgan fingerprint density at radius 3 is 2.84 bits per heavy atom. The van der Waals surface area contributed by atoms with Crippen LogP contribution in [0.3, 0.4) is 0 Å². The number of rotatable bonds is 4. The molecular weight excluding hydrogens is 417 g/mol. The Morgan fingerprint density at radius 2 is 2.12 bits per heavy atom. The number of imidazole rings is 1. The van der Waals surface area contributed by atoms with E-state index in [2.05, 4.69) is 26.5 Å². The number of fused-ring (bicyclic) bond motifs is 2. The average Bonchev–Trinajstić information content (AvgIpc) is 3.52. The predicted molar refractivity (Wildman–Crippen MR) is 108 cm³/mol. The minimum Gasteiger partial charge on any atom is -0.493 e. The molecule has 1 aliphatic rings. The maximum absolute atomic E-state index is 14.4. The lowest BCUT2D eigenvalue weighted by atomic mass is 10.0. The van der Waals surface area contributed by atoms with Gasteiger partial charge in [-0.05, 0) is 18.2 Å². The van der Waals surface area contributed by atoms with E-state index in [0.717, 1.165) is 22.6 Å². The summed E-state index contributed by atoms with van der Waals surface area (Å²) in [6.07, 6.45) is 5.90. The van der Waals surface area contributed by atoms with Crippen molar-refractivity contribution in [2.45, 2.75) is 13.0 Å². The number of hydrogen-bond donors (Lipinski definition) is 1. The van der Waals surface area contributed by atoms with E-state index in [9.17, 15) is 9.65 Å². The number of carbonyl (C=O) groups excluding carboxylic acids is 2. The number of nitriles is 1. The zero-order valence-electron chi connectivity index (χ0n) is 16.9. The first-order valence-corrected chi connectivity index (χ1v) is 9.50. The summed E-state index contributed by atoms with van der Waals surface area (Å²) in [5.41, 5.74) is 3.86. The summed E-state index contributed by atoms with van der Waals surface area (Å²) >= 11 is 0. The lowest BCUT2D eigenvalue weighted by Gasteiger charge is -2.13. The van der Waals surface area contributed by atoms with Crippen LogP contribution >= 0.6 is 0 Å². The zero-order valence-corrected chi connectivity index (χ0v) is 16.9. The molecule has 0 unspecified atom stereocenters. The summed E-state index contributed by atoms with van der Waals surface area (Å²) in [4.78, 5) is 25.2. The number of aryl methyl sites for hydroxylation is 1. The van der Waals surface area contributed by atoms with Crippen molar-refractivity contribution in [3.63, 3.8) is 0 Å². The van der Waals surface area contributed by atoms with E-state index in [1.807, 2.05) is 13.1 Å². The molecular formula is C21H16FN7O3. The molecule has 5 rings (SSSR count). The fourth-order valence-electron chi connectivity index (χ4n) is 3.65. The SMILES string of the molecule is Cn1nccc1-c1cnc(NCc2c(F)ccc3c2CCO3)n2cc(C#N)nc12.O=C=O. The van der Waals surface area contributed by atoms with Crippen molar-refractivity contribution in [1.29, 1.82) is 5.26 Å². The number of nitrogens with one attached hydrogen (secondary N) is 1. The Bertz CT molecular complexity index is 1380. The largest absolute Gasteiger partial charge is 0.493 e. The van der Waals surface area contributed by atoms with Crippen LogP contribution in [0.15, 0.2) is 36.8 Å². The predicted octanol–water partition coefficient (Wildman–Crippen LogP) is 2.10. The third-order valence-electron chi connectivity index (χ3n) is 5.07. The molecule has 0 fully saturated rings. The van der Waals surface area contributed by atoms with Crippen LogP contribution in [0.4, 0.5) is 10.3 Å². The molecule has 11 heteroatoms. The van der Waals surface area contributed by atoms with Gasteiger partial charge in [0.15, 0.2) is 11.3 Å². The number of nitrogens with zero attached hydrogens (tertiary/aromatic N) is 6. The van der Waals surface area contributed by atoms with Gasteiger partial charge in [-0.3, -0.25) is 9.08 Å². The number of halogens is 1. The molecule has 0 aliphatic carbocycles. The van der Waals surface area contributed by atoms with E-state index in [1.165, 1.54) is 6.07 Å². The van der Waals surface area contributed by atoms with Gasteiger partial charge in [0.1, 0.15) is 17.6 Å². The van der Waals surface area contributed by atoms with Crippen LogP contribution in [-0.2, 0) is 29.6 Å². The monoisotopic (exact) mass is 433 g/mol. The van der Waals surface area contributed by atoms with E-state index in [0.29, 0.717) is 30.2 Å². The maximum Gasteiger partial charge on any atom is 0.373 e. The average molecular weight is 433 g/mol. The van der Waals surface area contributed by atoms with Gasteiger partial charge in [-0.2, -0.15) is 19.9 Å². The van der Waals surface area contributed by atoms with Crippen molar-refractivity contribution in [1.82, 2.24) is 24.1 Å². The Hall–Kier alpha value is -4.55. The Balaban J connectivity index is 0.000000775. The molecule has 0 spiro atoms. The van der Waals surface area contributed by atoms with E-state index in [1.54, 1.807) is 33.7 Å². The molecule has 4 heterocycles. The highest BCUT2D eigenvalue weighted by atomic mass is 19.1. The molecule has 1 aromatic carbocycles. The smallest absolute Gasteiger partial charge is 0.373 e. The molecule has 0 radical (unpaired) electrons. The van der Waals surface area contributed by atoms with E-state index < -0.39 is 0 Å². The highest BCUT2D eigenvalue weighted by molar-refractivity contribution is 5.76. The van der Waals surface area contributed by atoms with Crippen molar-refractivity contribution >= 4 is 17.7 Å². The summed E-state index contributed by atoms with van der Waals surface area (Å²) in [5, 5.41) is 16.7. The molecule has 10 nitrogen and oxygen atoms in total. The maximum atomic E-state index is 14.4. The number of aromatic nitrogens is 5. The molecule has 1 N–H and O–H groups in total. The fraction of sp³-hybridized carbons (Fsp3) is 0.190. The molecule has 4 aromatic rings. The minimum atomic E-state index is -0.284. The van der Waals surface area contributed by atoms with Gasteiger partial charge in [0.05, 0.1) is 24.1 Å². The minimum absolute atomic E-state index is 0.242. The Labute approximate surface area is 180 Å². The summed E-state index contributed by atoms with van der Waals surface area (Å²) in [5.74, 6) is 0.908. The van der Waals surface area contributed by atoms with Crippen LogP contribution in [0.1, 0.15) is 16.8 Å². The summed E-state index contributed by atoms with van der Waals surface area (Å²) < 4.78 is 23.4. The fourth-order valence-corrected chi connectivity index (χ4v) is 3.65. The third-order valence-corrected chi connectivity index (χ3v) is 5.07. The number of ether oxygens (including phenoxy) is 1. The van der Waals surface area contributed by atoms with Crippen molar-refractivity contribution in [2.24, 2.45) is 7.05 Å². The summed E-state index contributed by atoms with van der Waals surface area (Å²) in [6.45, 7) is 0.798. The Kier molecular flexibility index (Phi) is 5.61. The van der Waals surface area contributed by atoms with Gasteiger partial charge >= 0.3 is 6.15 Å². The molecule has 0 amide bonds.